The minimum Gasteiger partial charge on any atom is -0.260 e. The number of hydrogen-bond acceptors (Lipinski definition) is 1. The van der Waals surface area contributed by atoms with Gasteiger partial charge in [-0.3, -0.25) is 4.99 Å². The van der Waals surface area contributed by atoms with E-state index in [1.165, 1.54) is 11.1 Å². The van der Waals surface area contributed by atoms with E-state index in [4.69, 9.17) is 0 Å². The highest BCUT2D eigenvalue weighted by Crippen LogP contribution is 2.24. The first-order valence-electron chi connectivity index (χ1n) is 4.15. The van der Waals surface area contributed by atoms with Crippen LogP contribution in [0.2, 0.25) is 0 Å². The van der Waals surface area contributed by atoms with Gasteiger partial charge in [-0.25, -0.2) is 0 Å². The lowest BCUT2D eigenvalue weighted by Gasteiger charge is -1.97. The van der Waals surface area contributed by atoms with Crippen LogP contribution in [0.5, 0.6) is 0 Å². The highest BCUT2D eigenvalue weighted by Gasteiger charge is 2.00. The summed E-state index contributed by atoms with van der Waals surface area (Å²) >= 11 is 0. The van der Waals surface area contributed by atoms with Crippen molar-refractivity contribution in [1.82, 2.24) is 0 Å². The van der Waals surface area contributed by atoms with E-state index in [1.807, 2.05) is 24.4 Å². The molecule has 0 fully saturated rings. The summed E-state index contributed by atoms with van der Waals surface area (Å²) in [6, 6.07) is 8.20. The Morgan fingerprint density at radius 3 is 3.00 bits per heavy atom. The molecule has 1 heterocycles. The summed E-state index contributed by atoms with van der Waals surface area (Å²) in [6.07, 6.45) is 5.13. The lowest BCUT2D eigenvalue weighted by atomic mass is 10.1. The molecule has 0 saturated heterocycles. The Hall–Kier alpha value is -1.37. The number of rotatable bonds is 0. The Labute approximate surface area is 72.5 Å². The van der Waals surface area contributed by atoms with Crippen molar-refractivity contribution in [3.63, 3.8) is 0 Å². The Balaban J connectivity index is 2.58. The number of aliphatic imine (C=N–C) groups is 1. The van der Waals surface area contributed by atoms with Gasteiger partial charge in [0, 0.05) is 18.2 Å². The maximum absolute atomic E-state index is 4.36. The topological polar surface area (TPSA) is 12.4 Å². The van der Waals surface area contributed by atoms with Gasteiger partial charge in [0.2, 0.25) is 0 Å². The maximum Gasteiger partial charge on any atom is 0.0698 e. The second kappa shape index (κ2) is 2.94. The normalized spacial score (nSPS) is 14.9. The molecule has 0 aromatic heterocycles. The predicted octanol–water partition coefficient (Wildman–Crippen LogP) is 3.20. The van der Waals surface area contributed by atoms with E-state index in [1.54, 1.807) is 0 Å². The minimum absolute atomic E-state index is 0.967. The Kier molecular flexibility index (Phi) is 1.78. The zero-order valence-corrected chi connectivity index (χ0v) is 7.12. The molecule has 0 atom stereocenters. The molecule has 0 unspecified atom stereocenters. The zero-order valence-electron chi connectivity index (χ0n) is 7.12. The number of allylic oxidation sites excluding steroid dienone is 1. The van der Waals surface area contributed by atoms with Gasteiger partial charge < -0.3 is 0 Å². The molecule has 60 valence electrons. The third-order valence-corrected chi connectivity index (χ3v) is 1.98. The van der Waals surface area contributed by atoms with E-state index >= 15 is 0 Å². The van der Waals surface area contributed by atoms with Crippen LogP contribution in [0.1, 0.15) is 18.9 Å². The van der Waals surface area contributed by atoms with Crippen molar-refractivity contribution in [1.29, 1.82) is 0 Å². The number of hydrogen-bond donors (Lipinski definition) is 0. The molecule has 1 aromatic rings. The van der Waals surface area contributed by atoms with Crippen LogP contribution in [-0.2, 0) is 0 Å². The molecule has 0 spiro atoms. The number of para-hydroxylation sites is 1. The second-order valence-corrected chi connectivity index (χ2v) is 3.07. The van der Waals surface area contributed by atoms with Gasteiger partial charge in [-0.2, -0.15) is 0 Å². The van der Waals surface area contributed by atoms with Crippen molar-refractivity contribution < 1.29 is 0 Å². The fourth-order valence-electron chi connectivity index (χ4n) is 1.34. The van der Waals surface area contributed by atoms with E-state index in [0.29, 0.717) is 0 Å². The Morgan fingerprint density at radius 2 is 2.08 bits per heavy atom. The lowest BCUT2D eigenvalue weighted by Crippen LogP contribution is -1.73. The summed E-state index contributed by atoms with van der Waals surface area (Å²) in [7, 11) is 0. The molecule has 1 nitrogen and oxygen atoms in total. The molecule has 0 radical (unpaired) electrons. The molecule has 0 amide bonds. The zero-order chi connectivity index (χ0) is 8.39. The molecular formula is C11H11N. The van der Waals surface area contributed by atoms with Crippen molar-refractivity contribution in [3.05, 3.63) is 35.4 Å². The molecule has 12 heavy (non-hydrogen) atoms. The van der Waals surface area contributed by atoms with E-state index in [2.05, 4.69) is 24.1 Å². The predicted molar refractivity (Wildman–Crippen MR) is 52.9 cm³/mol. The van der Waals surface area contributed by atoms with Gasteiger partial charge in [-0.05, 0) is 13.0 Å². The first-order valence-corrected chi connectivity index (χ1v) is 4.15. The summed E-state index contributed by atoms with van der Waals surface area (Å²) < 4.78 is 0. The maximum atomic E-state index is 4.36. The number of fused-ring (bicyclic) bond motifs is 1. The summed E-state index contributed by atoms with van der Waals surface area (Å²) in [4.78, 5) is 4.36. The Morgan fingerprint density at radius 1 is 1.25 bits per heavy atom. The molecule has 1 aliphatic heterocycles. The van der Waals surface area contributed by atoms with Crippen molar-refractivity contribution in [3.8, 4) is 0 Å². The fourth-order valence-corrected chi connectivity index (χ4v) is 1.34. The van der Waals surface area contributed by atoms with Crippen LogP contribution in [0.25, 0.3) is 6.08 Å². The van der Waals surface area contributed by atoms with Crippen LogP contribution in [0.3, 0.4) is 0 Å². The summed E-state index contributed by atoms with van der Waals surface area (Å²) in [5, 5.41) is 0. The van der Waals surface area contributed by atoms with Gasteiger partial charge in [-0.15, -0.1) is 0 Å². The van der Waals surface area contributed by atoms with Crippen molar-refractivity contribution in [2.24, 2.45) is 4.99 Å². The highest BCUT2D eigenvalue weighted by molar-refractivity contribution is 5.77. The average molecular weight is 157 g/mol. The third-order valence-electron chi connectivity index (χ3n) is 1.98. The van der Waals surface area contributed by atoms with E-state index < -0.39 is 0 Å². The molecule has 0 aliphatic carbocycles. The van der Waals surface area contributed by atoms with Crippen LogP contribution in [0.15, 0.2) is 34.8 Å². The van der Waals surface area contributed by atoms with Crippen LogP contribution in [0, 0.1) is 0 Å². The molecule has 1 heteroatoms. The first-order chi connectivity index (χ1) is 5.86. The van der Waals surface area contributed by atoms with Gasteiger partial charge in [0.15, 0.2) is 0 Å². The monoisotopic (exact) mass is 157 g/mol. The van der Waals surface area contributed by atoms with E-state index in [9.17, 15) is 0 Å². The number of benzene rings is 1. The van der Waals surface area contributed by atoms with E-state index in [0.717, 1.165) is 12.1 Å². The smallest absolute Gasteiger partial charge is 0.0698 e. The Bertz CT molecular complexity index is 348. The van der Waals surface area contributed by atoms with Gasteiger partial charge in [0.1, 0.15) is 0 Å². The summed E-state index contributed by atoms with van der Waals surface area (Å²) in [5.41, 5.74) is 3.67. The molecule has 1 aromatic carbocycles. The van der Waals surface area contributed by atoms with Gasteiger partial charge in [0.05, 0.1) is 5.69 Å². The quantitative estimate of drug-likeness (QED) is 0.548. The van der Waals surface area contributed by atoms with Crippen molar-refractivity contribution in [2.75, 3.05) is 0 Å². The van der Waals surface area contributed by atoms with Crippen LogP contribution < -0.4 is 0 Å². The highest BCUT2D eigenvalue weighted by atomic mass is 14.7. The molecule has 0 bridgehead atoms. The minimum atomic E-state index is 0.967. The van der Waals surface area contributed by atoms with E-state index in [-0.39, 0.29) is 0 Å². The average Bonchev–Trinajstić information content (AvgIpc) is 2.25. The third kappa shape index (κ3) is 1.30. The van der Waals surface area contributed by atoms with Crippen LogP contribution in [0.4, 0.5) is 5.69 Å². The second-order valence-electron chi connectivity index (χ2n) is 3.07. The fraction of sp³-hybridized carbons (Fsp3) is 0.182. The van der Waals surface area contributed by atoms with Gasteiger partial charge in [0.25, 0.3) is 0 Å². The molecule has 2 rings (SSSR count). The van der Waals surface area contributed by atoms with Gasteiger partial charge in [-0.1, -0.05) is 29.8 Å². The first kappa shape index (κ1) is 7.29. The molecule has 0 N–H and O–H groups in total. The number of nitrogens with zero attached hydrogens (tertiary/aromatic N) is 1. The van der Waals surface area contributed by atoms with Crippen molar-refractivity contribution in [2.45, 2.75) is 13.3 Å². The molecule has 1 aliphatic rings. The largest absolute Gasteiger partial charge is 0.260 e. The molecular weight excluding hydrogens is 146 g/mol. The summed E-state index contributed by atoms with van der Waals surface area (Å²) in [6.45, 7) is 2.13. The standard InChI is InChI=1S/C11H11N/c1-9-6-7-12-11-5-3-2-4-10(11)8-9/h2-5,7-8H,6H2,1H3. The SMILES string of the molecule is CC1=Cc2ccccc2N=CC1. The molecule has 0 saturated carbocycles. The van der Waals surface area contributed by atoms with Crippen LogP contribution in [-0.4, -0.2) is 6.21 Å². The summed E-state index contributed by atoms with van der Waals surface area (Å²) in [5.74, 6) is 0. The van der Waals surface area contributed by atoms with Crippen molar-refractivity contribution >= 4 is 18.0 Å². The van der Waals surface area contributed by atoms with Crippen LogP contribution >= 0.6 is 0 Å². The van der Waals surface area contributed by atoms with Gasteiger partial charge >= 0.3 is 0 Å². The lowest BCUT2D eigenvalue weighted by molar-refractivity contribution is 1.32.